The fourth-order valence-electron chi connectivity index (χ4n) is 1.69. The van der Waals surface area contributed by atoms with Crippen LogP contribution in [0.4, 0.5) is 11.4 Å². The number of amides is 2. The maximum Gasteiger partial charge on any atom is 0.248 e. The Morgan fingerprint density at radius 2 is 1.82 bits per heavy atom. The molecule has 0 saturated heterocycles. The van der Waals surface area contributed by atoms with Crippen LogP contribution in [-0.2, 0) is 9.59 Å². The Labute approximate surface area is 133 Å². The van der Waals surface area contributed by atoms with E-state index in [9.17, 15) is 9.59 Å². The van der Waals surface area contributed by atoms with Crippen LogP contribution in [0.5, 0.6) is 0 Å². The maximum atomic E-state index is 11.9. The lowest BCUT2D eigenvalue weighted by molar-refractivity contribution is -0.119. The first-order chi connectivity index (χ1) is 10.5. The van der Waals surface area contributed by atoms with Crippen LogP contribution < -0.4 is 10.6 Å². The quantitative estimate of drug-likeness (QED) is 0.820. The average molecular weight is 314 g/mol. The molecule has 0 fully saturated rings. The monoisotopic (exact) mass is 314 g/mol. The Balaban J connectivity index is 1.98. The van der Waals surface area contributed by atoms with E-state index in [1.165, 1.54) is 6.08 Å². The highest BCUT2D eigenvalue weighted by Crippen LogP contribution is 2.16. The summed E-state index contributed by atoms with van der Waals surface area (Å²) in [6.45, 7) is 3.66. The van der Waals surface area contributed by atoms with Gasteiger partial charge in [0.2, 0.25) is 11.8 Å². The van der Waals surface area contributed by atoms with Gasteiger partial charge >= 0.3 is 0 Å². The number of carbonyl (C=O) groups is 2. The molecular formula is C17H18N2O2S. The summed E-state index contributed by atoms with van der Waals surface area (Å²) in [5.74, 6) is -0.353. The largest absolute Gasteiger partial charge is 0.326 e. The van der Waals surface area contributed by atoms with Crippen LogP contribution in [0.3, 0.4) is 0 Å². The minimum atomic E-state index is -0.208. The van der Waals surface area contributed by atoms with Crippen molar-refractivity contribution in [3.05, 3.63) is 52.7 Å². The zero-order valence-corrected chi connectivity index (χ0v) is 13.3. The van der Waals surface area contributed by atoms with Crippen molar-refractivity contribution in [1.29, 1.82) is 0 Å². The minimum absolute atomic E-state index is 0.0546. The van der Waals surface area contributed by atoms with E-state index >= 15 is 0 Å². The Kier molecular flexibility index (Phi) is 5.49. The first-order valence-corrected chi connectivity index (χ1v) is 7.86. The summed E-state index contributed by atoms with van der Waals surface area (Å²) in [5.41, 5.74) is 1.31. The summed E-state index contributed by atoms with van der Waals surface area (Å²) in [5, 5.41) is 7.53. The van der Waals surface area contributed by atoms with E-state index in [1.807, 2.05) is 31.4 Å². The van der Waals surface area contributed by atoms with E-state index < -0.39 is 0 Å². The molecule has 1 heterocycles. The summed E-state index contributed by atoms with van der Waals surface area (Å²) in [4.78, 5) is 24.6. The molecule has 2 N–H and O–H groups in total. The van der Waals surface area contributed by atoms with Crippen molar-refractivity contribution >= 4 is 40.6 Å². The lowest BCUT2D eigenvalue weighted by Crippen LogP contribution is -2.17. The number of anilines is 2. The average Bonchev–Trinajstić information content (AvgIpc) is 2.98. The highest BCUT2D eigenvalue weighted by molar-refractivity contribution is 7.10. The molecule has 5 heteroatoms. The van der Waals surface area contributed by atoms with E-state index in [4.69, 9.17) is 0 Å². The first kappa shape index (κ1) is 16.0. The lowest BCUT2D eigenvalue weighted by atomic mass is 10.2. The van der Waals surface area contributed by atoms with Crippen LogP contribution in [0.2, 0.25) is 0 Å². The number of rotatable bonds is 5. The van der Waals surface area contributed by atoms with Crippen molar-refractivity contribution in [2.24, 2.45) is 5.92 Å². The van der Waals surface area contributed by atoms with Crippen LogP contribution in [0.25, 0.3) is 6.08 Å². The third-order valence-electron chi connectivity index (χ3n) is 2.86. The van der Waals surface area contributed by atoms with E-state index in [1.54, 1.807) is 41.7 Å². The minimum Gasteiger partial charge on any atom is -0.326 e. The van der Waals surface area contributed by atoms with E-state index in [2.05, 4.69) is 10.6 Å². The lowest BCUT2D eigenvalue weighted by Gasteiger charge is -2.09. The number of carbonyl (C=O) groups excluding carboxylic acids is 2. The van der Waals surface area contributed by atoms with Crippen molar-refractivity contribution in [3.63, 3.8) is 0 Å². The predicted molar refractivity (Wildman–Crippen MR) is 91.9 cm³/mol. The van der Waals surface area contributed by atoms with Gasteiger partial charge in [0, 0.05) is 28.2 Å². The summed E-state index contributed by atoms with van der Waals surface area (Å²) in [6.07, 6.45) is 3.26. The van der Waals surface area contributed by atoms with Crippen LogP contribution in [0.15, 0.2) is 47.9 Å². The summed E-state index contributed by atoms with van der Waals surface area (Å²) < 4.78 is 0. The van der Waals surface area contributed by atoms with E-state index in [0.717, 1.165) is 4.88 Å². The second-order valence-electron chi connectivity index (χ2n) is 5.06. The molecular weight excluding hydrogens is 296 g/mol. The van der Waals surface area contributed by atoms with Crippen molar-refractivity contribution in [2.75, 3.05) is 10.6 Å². The van der Waals surface area contributed by atoms with Gasteiger partial charge < -0.3 is 10.6 Å². The Hall–Kier alpha value is -2.40. The van der Waals surface area contributed by atoms with Gasteiger partial charge in [-0.2, -0.15) is 0 Å². The third kappa shape index (κ3) is 4.86. The SMILES string of the molecule is CC(C)C(=O)Nc1cccc(NC(=O)/C=C/c2cccs2)c1. The van der Waals surface area contributed by atoms with E-state index in [-0.39, 0.29) is 17.7 Å². The first-order valence-electron chi connectivity index (χ1n) is 6.98. The number of hydrogen-bond acceptors (Lipinski definition) is 3. The topological polar surface area (TPSA) is 58.2 Å². The van der Waals surface area contributed by atoms with E-state index in [0.29, 0.717) is 11.4 Å². The molecule has 0 spiro atoms. The highest BCUT2D eigenvalue weighted by Gasteiger charge is 2.07. The molecule has 1 aromatic carbocycles. The third-order valence-corrected chi connectivity index (χ3v) is 3.70. The fourth-order valence-corrected chi connectivity index (χ4v) is 2.31. The van der Waals surface area contributed by atoms with Crippen molar-refractivity contribution in [1.82, 2.24) is 0 Å². The Morgan fingerprint density at radius 3 is 2.45 bits per heavy atom. The molecule has 0 aliphatic rings. The predicted octanol–water partition coefficient (Wildman–Crippen LogP) is 3.99. The molecule has 1 aromatic heterocycles. The molecule has 2 amide bonds. The van der Waals surface area contributed by atoms with Crippen LogP contribution in [0.1, 0.15) is 18.7 Å². The van der Waals surface area contributed by atoms with Crippen LogP contribution in [0, 0.1) is 5.92 Å². The molecule has 0 aliphatic heterocycles. The molecule has 0 unspecified atom stereocenters. The van der Waals surface area contributed by atoms with Gasteiger partial charge in [-0.1, -0.05) is 26.0 Å². The molecule has 4 nitrogen and oxygen atoms in total. The molecule has 2 aromatic rings. The summed E-state index contributed by atoms with van der Waals surface area (Å²) in [7, 11) is 0. The van der Waals surface area contributed by atoms with Gasteiger partial charge in [0.05, 0.1) is 0 Å². The van der Waals surface area contributed by atoms with Gasteiger partial charge in [-0.25, -0.2) is 0 Å². The molecule has 0 bridgehead atoms. The number of nitrogens with one attached hydrogen (secondary N) is 2. The van der Waals surface area contributed by atoms with Gasteiger partial charge in [-0.15, -0.1) is 11.3 Å². The van der Waals surface area contributed by atoms with Gasteiger partial charge in [-0.05, 0) is 35.7 Å². The zero-order valence-electron chi connectivity index (χ0n) is 12.5. The van der Waals surface area contributed by atoms with Crippen molar-refractivity contribution in [3.8, 4) is 0 Å². The number of thiophene rings is 1. The highest BCUT2D eigenvalue weighted by atomic mass is 32.1. The standard InChI is InChI=1S/C17H18N2O2S/c1-12(2)17(21)19-14-6-3-5-13(11-14)18-16(20)9-8-15-7-4-10-22-15/h3-12H,1-2H3,(H,18,20)(H,19,21)/b9-8+. The summed E-state index contributed by atoms with van der Waals surface area (Å²) >= 11 is 1.57. The maximum absolute atomic E-state index is 11.9. The van der Waals surface area contributed by atoms with Gasteiger partial charge in [0.15, 0.2) is 0 Å². The molecule has 114 valence electrons. The fraction of sp³-hybridized carbons (Fsp3) is 0.176. The Bertz CT molecular complexity index is 676. The second kappa shape index (κ2) is 7.56. The molecule has 22 heavy (non-hydrogen) atoms. The van der Waals surface area contributed by atoms with Gasteiger partial charge in [-0.3, -0.25) is 9.59 Å². The number of hydrogen-bond donors (Lipinski definition) is 2. The van der Waals surface area contributed by atoms with Crippen LogP contribution in [-0.4, -0.2) is 11.8 Å². The second-order valence-corrected chi connectivity index (χ2v) is 6.04. The van der Waals surface area contributed by atoms with Crippen molar-refractivity contribution < 1.29 is 9.59 Å². The molecule has 0 saturated carbocycles. The number of benzene rings is 1. The van der Waals surface area contributed by atoms with Crippen LogP contribution >= 0.6 is 11.3 Å². The summed E-state index contributed by atoms with van der Waals surface area (Å²) in [6, 6.07) is 11.0. The molecule has 0 radical (unpaired) electrons. The normalized spacial score (nSPS) is 10.9. The van der Waals surface area contributed by atoms with Gasteiger partial charge in [0.25, 0.3) is 0 Å². The zero-order chi connectivity index (χ0) is 15.9. The Morgan fingerprint density at radius 1 is 1.09 bits per heavy atom. The van der Waals surface area contributed by atoms with Crippen molar-refractivity contribution in [2.45, 2.75) is 13.8 Å². The molecule has 0 aliphatic carbocycles. The molecule has 2 rings (SSSR count). The smallest absolute Gasteiger partial charge is 0.248 e. The van der Waals surface area contributed by atoms with Gasteiger partial charge in [0.1, 0.15) is 0 Å². The molecule has 0 atom stereocenters.